The zero-order valence-corrected chi connectivity index (χ0v) is 19.1. The lowest BCUT2D eigenvalue weighted by Gasteiger charge is -2.28. The van der Waals surface area contributed by atoms with E-state index >= 15 is 0 Å². The number of unbranched alkanes of at least 4 members (excludes halogenated alkanes) is 1. The van der Waals surface area contributed by atoms with Crippen molar-refractivity contribution in [2.75, 3.05) is 22.5 Å². The van der Waals surface area contributed by atoms with Gasteiger partial charge < -0.3 is 16.0 Å². The van der Waals surface area contributed by atoms with Gasteiger partial charge in [-0.1, -0.05) is 46.2 Å². The van der Waals surface area contributed by atoms with Gasteiger partial charge in [0.2, 0.25) is 0 Å². The van der Waals surface area contributed by atoms with E-state index in [4.69, 9.17) is 18.0 Å². The molecule has 4 N–H and O–H groups in total. The first-order valence-corrected chi connectivity index (χ1v) is 11.0. The van der Waals surface area contributed by atoms with Gasteiger partial charge in [-0.25, -0.2) is 4.79 Å². The summed E-state index contributed by atoms with van der Waals surface area (Å²) in [6.45, 7) is 9.30. The maximum atomic E-state index is 12.7. The second-order valence-corrected chi connectivity index (χ2v) is 8.20. The van der Waals surface area contributed by atoms with Crippen LogP contribution in [0, 0.1) is 5.92 Å². The molecule has 30 heavy (non-hydrogen) atoms. The number of aryl methyl sites for hydroxylation is 1. The largest absolute Gasteiger partial charge is 0.383 e. The van der Waals surface area contributed by atoms with Crippen LogP contribution in [0.3, 0.4) is 0 Å². The standard InChI is InChI=1S/C22H33N5O2S/c1-5-7-13-27-19(23)18(20(28)25-21(27)29)26(14-12-15(3)4)22(30)24-17-10-8-16(6-2)9-11-17/h8-11,15H,5-7,12-14,23H2,1-4H3,(H,24,30)(H,25,28,29). The smallest absolute Gasteiger partial charge is 0.330 e. The molecule has 2 rings (SSSR count). The molecule has 7 nitrogen and oxygen atoms in total. The van der Waals surface area contributed by atoms with Crippen molar-refractivity contribution in [2.45, 2.75) is 59.9 Å². The van der Waals surface area contributed by atoms with Crippen LogP contribution in [0.4, 0.5) is 17.2 Å². The minimum absolute atomic E-state index is 0.145. The summed E-state index contributed by atoms with van der Waals surface area (Å²) in [6.07, 6.45) is 3.46. The average Bonchev–Trinajstić information content (AvgIpc) is 2.70. The van der Waals surface area contributed by atoms with Gasteiger partial charge in [0.15, 0.2) is 10.8 Å². The van der Waals surface area contributed by atoms with Crippen LogP contribution in [-0.4, -0.2) is 21.2 Å². The quantitative estimate of drug-likeness (QED) is 0.524. The summed E-state index contributed by atoms with van der Waals surface area (Å²) in [6, 6.07) is 7.99. The van der Waals surface area contributed by atoms with Gasteiger partial charge in [-0.05, 0) is 55.1 Å². The van der Waals surface area contributed by atoms with Crippen LogP contribution >= 0.6 is 12.2 Å². The molecule has 0 atom stereocenters. The molecular weight excluding hydrogens is 398 g/mol. The Morgan fingerprint density at radius 3 is 2.47 bits per heavy atom. The van der Waals surface area contributed by atoms with Crippen LogP contribution < -0.4 is 27.2 Å². The molecule has 0 aliphatic carbocycles. The highest BCUT2D eigenvalue weighted by molar-refractivity contribution is 7.80. The van der Waals surface area contributed by atoms with E-state index in [1.165, 1.54) is 10.1 Å². The van der Waals surface area contributed by atoms with Crippen molar-refractivity contribution in [3.8, 4) is 0 Å². The highest BCUT2D eigenvalue weighted by atomic mass is 32.1. The van der Waals surface area contributed by atoms with E-state index in [1.807, 2.05) is 31.2 Å². The number of aromatic nitrogens is 2. The zero-order valence-electron chi connectivity index (χ0n) is 18.3. The predicted octanol–water partition coefficient (Wildman–Crippen LogP) is 3.73. The number of anilines is 3. The molecule has 0 amide bonds. The number of benzene rings is 1. The summed E-state index contributed by atoms with van der Waals surface area (Å²) in [4.78, 5) is 29.1. The van der Waals surface area contributed by atoms with Crippen LogP contribution in [0.1, 0.15) is 52.5 Å². The Balaban J connectivity index is 2.43. The molecule has 2 aromatic rings. The molecular formula is C22H33N5O2S. The Morgan fingerprint density at radius 1 is 1.23 bits per heavy atom. The molecule has 0 aliphatic rings. The fourth-order valence-electron chi connectivity index (χ4n) is 3.09. The SMILES string of the molecule is CCCCn1c(N)c(N(CCC(C)C)C(=S)Nc2ccc(CC)cc2)c(=O)[nH]c1=O. The van der Waals surface area contributed by atoms with E-state index in [0.717, 1.165) is 31.4 Å². The molecule has 0 unspecified atom stereocenters. The molecule has 0 spiro atoms. The Morgan fingerprint density at radius 2 is 1.90 bits per heavy atom. The molecule has 1 aromatic carbocycles. The number of hydrogen-bond donors (Lipinski definition) is 3. The first-order valence-electron chi connectivity index (χ1n) is 10.6. The van der Waals surface area contributed by atoms with Crippen LogP contribution in [0.25, 0.3) is 0 Å². The summed E-state index contributed by atoms with van der Waals surface area (Å²) < 4.78 is 1.42. The third kappa shape index (κ3) is 5.95. The predicted molar refractivity (Wildman–Crippen MR) is 129 cm³/mol. The summed E-state index contributed by atoms with van der Waals surface area (Å²) in [5.41, 5.74) is 7.57. The molecule has 0 bridgehead atoms. The molecule has 8 heteroatoms. The molecule has 0 saturated heterocycles. The number of H-pyrrole nitrogens is 1. The van der Waals surface area contributed by atoms with Crippen LogP contribution in [0.5, 0.6) is 0 Å². The van der Waals surface area contributed by atoms with Gasteiger partial charge in [-0.3, -0.25) is 14.3 Å². The molecule has 164 valence electrons. The van der Waals surface area contributed by atoms with E-state index in [2.05, 4.69) is 31.1 Å². The number of nitrogens with two attached hydrogens (primary N) is 1. The Hall–Kier alpha value is -2.61. The molecule has 0 aliphatic heterocycles. The number of hydrogen-bond acceptors (Lipinski definition) is 4. The summed E-state index contributed by atoms with van der Waals surface area (Å²) in [7, 11) is 0. The monoisotopic (exact) mass is 431 g/mol. The minimum atomic E-state index is -0.528. The highest BCUT2D eigenvalue weighted by Crippen LogP contribution is 2.21. The number of thiocarbonyl (C=S) groups is 1. The number of rotatable bonds is 9. The van der Waals surface area contributed by atoms with E-state index in [0.29, 0.717) is 24.1 Å². The van der Waals surface area contributed by atoms with Crippen LogP contribution in [-0.2, 0) is 13.0 Å². The first kappa shape index (κ1) is 23.7. The summed E-state index contributed by atoms with van der Waals surface area (Å²) >= 11 is 5.65. The maximum Gasteiger partial charge on any atom is 0.330 e. The fourth-order valence-corrected chi connectivity index (χ4v) is 3.39. The zero-order chi connectivity index (χ0) is 22.3. The van der Waals surface area contributed by atoms with E-state index in [-0.39, 0.29) is 11.5 Å². The molecule has 0 saturated carbocycles. The number of nitrogen functional groups attached to an aromatic ring is 1. The molecule has 0 radical (unpaired) electrons. The van der Waals surface area contributed by atoms with Crippen molar-refractivity contribution in [1.82, 2.24) is 9.55 Å². The average molecular weight is 432 g/mol. The van der Waals surface area contributed by atoms with Gasteiger partial charge in [-0.2, -0.15) is 0 Å². The summed E-state index contributed by atoms with van der Waals surface area (Å²) in [5, 5.41) is 3.58. The highest BCUT2D eigenvalue weighted by Gasteiger charge is 2.22. The van der Waals surface area contributed by atoms with Crippen molar-refractivity contribution in [1.29, 1.82) is 0 Å². The van der Waals surface area contributed by atoms with Crippen molar-refractivity contribution < 1.29 is 0 Å². The van der Waals surface area contributed by atoms with Crippen LogP contribution in [0.15, 0.2) is 33.9 Å². The van der Waals surface area contributed by atoms with Crippen molar-refractivity contribution >= 4 is 34.5 Å². The number of nitrogens with zero attached hydrogens (tertiary/aromatic N) is 2. The van der Waals surface area contributed by atoms with Gasteiger partial charge in [0.25, 0.3) is 5.56 Å². The number of nitrogens with one attached hydrogen (secondary N) is 2. The number of aromatic amines is 1. The van der Waals surface area contributed by atoms with E-state index in [1.54, 1.807) is 4.90 Å². The summed E-state index contributed by atoms with van der Waals surface area (Å²) in [5.74, 6) is 0.553. The Bertz CT molecular complexity index is 963. The van der Waals surface area contributed by atoms with Crippen molar-refractivity contribution in [2.24, 2.45) is 5.92 Å². The van der Waals surface area contributed by atoms with Gasteiger partial charge in [0.1, 0.15) is 5.82 Å². The van der Waals surface area contributed by atoms with E-state index < -0.39 is 11.2 Å². The second-order valence-electron chi connectivity index (χ2n) is 7.81. The van der Waals surface area contributed by atoms with Crippen LogP contribution in [0.2, 0.25) is 0 Å². The fraction of sp³-hybridized carbons (Fsp3) is 0.500. The van der Waals surface area contributed by atoms with Gasteiger partial charge in [-0.15, -0.1) is 0 Å². The molecule has 1 heterocycles. The lowest BCUT2D eigenvalue weighted by Crippen LogP contribution is -2.43. The van der Waals surface area contributed by atoms with Gasteiger partial charge in [0.05, 0.1) is 0 Å². The first-order chi connectivity index (χ1) is 14.3. The van der Waals surface area contributed by atoms with E-state index in [9.17, 15) is 9.59 Å². The van der Waals surface area contributed by atoms with Gasteiger partial charge in [0, 0.05) is 18.8 Å². The third-order valence-electron chi connectivity index (χ3n) is 5.01. The lowest BCUT2D eigenvalue weighted by molar-refractivity contribution is 0.588. The molecule has 1 aromatic heterocycles. The normalized spacial score (nSPS) is 11.0. The second kappa shape index (κ2) is 11.0. The Kier molecular flexibility index (Phi) is 8.65. The van der Waals surface area contributed by atoms with Crippen molar-refractivity contribution in [3.63, 3.8) is 0 Å². The third-order valence-corrected chi connectivity index (χ3v) is 5.33. The molecule has 0 fully saturated rings. The topological polar surface area (TPSA) is 96.2 Å². The maximum absolute atomic E-state index is 12.7. The van der Waals surface area contributed by atoms with Crippen molar-refractivity contribution in [3.05, 3.63) is 50.7 Å². The Labute approximate surface area is 183 Å². The van der Waals surface area contributed by atoms with Gasteiger partial charge >= 0.3 is 5.69 Å². The lowest BCUT2D eigenvalue weighted by atomic mass is 10.1. The minimum Gasteiger partial charge on any atom is -0.383 e.